The molecule has 40 heavy (non-hydrogen) atoms. The summed E-state index contributed by atoms with van der Waals surface area (Å²) in [5, 5.41) is 11.4. The average molecular weight is 545 g/mol. The number of aromatic nitrogens is 1. The van der Waals surface area contributed by atoms with E-state index in [-0.39, 0.29) is 17.9 Å². The van der Waals surface area contributed by atoms with Crippen LogP contribution in [0.1, 0.15) is 56.8 Å². The van der Waals surface area contributed by atoms with Crippen LogP contribution in [0, 0.1) is 5.92 Å². The van der Waals surface area contributed by atoms with Crippen molar-refractivity contribution in [1.29, 1.82) is 0 Å². The molecular formula is C32H36N2O6. The zero-order valence-corrected chi connectivity index (χ0v) is 23.4. The van der Waals surface area contributed by atoms with Crippen LogP contribution < -0.4 is 14.2 Å². The molecular weight excluding hydrogens is 508 g/mol. The van der Waals surface area contributed by atoms with Crippen molar-refractivity contribution in [3.8, 4) is 17.2 Å². The molecule has 2 aromatic carbocycles. The van der Waals surface area contributed by atoms with Gasteiger partial charge in [-0.05, 0) is 85.8 Å². The maximum Gasteiger partial charge on any atom is 0.295 e. The van der Waals surface area contributed by atoms with E-state index in [0.717, 1.165) is 12.0 Å². The van der Waals surface area contributed by atoms with Crippen molar-refractivity contribution >= 4 is 17.4 Å². The second kappa shape index (κ2) is 13.2. The third-order valence-corrected chi connectivity index (χ3v) is 6.62. The predicted octanol–water partition coefficient (Wildman–Crippen LogP) is 5.93. The molecule has 3 aromatic rings. The van der Waals surface area contributed by atoms with Gasteiger partial charge in [-0.15, -0.1) is 0 Å². The predicted molar refractivity (Wildman–Crippen MR) is 152 cm³/mol. The Balaban J connectivity index is 1.80. The average Bonchev–Trinajstić information content (AvgIpc) is 3.19. The minimum Gasteiger partial charge on any atom is -0.507 e. The Morgan fingerprint density at radius 2 is 1.62 bits per heavy atom. The number of pyridine rings is 1. The topological polar surface area (TPSA) is 98.2 Å². The van der Waals surface area contributed by atoms with Crippen LogP contribution in [0.3, 0.4) is 0 Å². The Kier molecular flexibility index (Phi) is 9.43. The second-order valence-electron chi connectivity index (χ2n) is 9.91. The summed E-state index contributed by atoms with van der Waals surface area (Å²) in [6.07, 6.45) is 4.16. The molecule has 8 nitrogen and oxygen atoms in total. The summed E-state index contributed by atoms with van der Waals surface area (Å²) in [5.74, 6) is 0.542. The minimum atomic E-state index is -0.844. The van der Waals surface area contributed by atoms with Gasteiger partial charge < -0.3 is 24.2 Å². The number of benzene rings is 2. The van der Waals surface area contributed by atoms with Gasteiger partial charge >= 0.3 is 0 Å². The first-order valence-electron chi connectivity index (χ1n) is 13.6. The molecule has 0 bridgehead atoms. The van der Waals surface area contributed by atoms with Gasteiger partial charge in [0.1, 0.15) is 11.5 Å². The molecule has 1 aliphatic heterocycles. The van der Waals surface area contributed by atoms with Crippen molar-refractivity contribution in [3.05, 3.63) is 89.3 Å². The van der Waals surface area contributed by atoms with Crippen molar-refractivity contribution in [2.75, 3.05) is 19.8 Å². The van der Waals surface area contributed by atoms with E-state index >= 15 is 0 Å². The van der Waals surface area contributed by atoms with Gasteiger partial charge in [0.15, 0.2) is 11.5 Å². The fourth-order valence-electron chi connectivity index (χ4n) is 4.59. The Bertz CT molecular complexity index is 1350. The largest absolute Gasteiger partial charge is 0.507 e. The van der Waals surface area contributed by atoms with E-state index in [1.807, 2.05) is 19.9 Å². The standard InChI is InChI=1S/C32H36N2O6/c1-5-38-25-10-7-23(8-11-25)30(35)28-29(34(32(37)31(28)36)20-22-13-16-33-17-14-22)24-9-12-26(27(19-24)39-6-2)40-18-15-21(3)4/h7-14,16-17,19,21,29,35H,5-6,15,18,20H2,1-4H3/b30-28+. The van der Waals surface area contributed by atoms with Crippen molar-refractivity contribution in [1.82, 2.24) is 9.88 Å². The molecule has 1 aromatic heterocycles. The molecule has 0 saturated carbocycles. The van der Waals surface area contributed by atoms with Gasteiger partial charge in [-0.2, -0.15) is 0 Å². The first-order chi connectivity index (χ1) is 19.3. The number of Topliss-reactive ketones (excluding diaryl/α,β-unsaturated/α-hetero) is 1. The van der Waals surface area contributed by atoms with E-state index in [9.17, 15) is 14.7 Å². The van der Waals surface area contributed by atoms with E-state index in [4.69, 9.17) is 14.2 Å². The van der Waals surface area contributed by atoms with Gasteiger partial charge in [-0.3, -0.25) is 14.6 Å². The molecule has 1 amide bonds. The highest BCUT2D eigenvalue weighted by Gasteiger charge is 2.46. The third kappa shape index (κ3) is 6.45. The molecule has 0 radical (unpaired) electrons. The Morgan fingerprint density at radius 3 is 2.27 bits per heavy atom. The number of carbonyl (C=O) groups excluding carboxylic acids is 2. The van der Waals surface area contributed by atoms with Crippen LogP contribution >= 0.6 is 0 Å². The smallest absolute Gasteiger partial charge is 0.295 e. The number of hydrogen-bond donors (Lipinski definition) is 1. The van der Waals surface area contributed by atoms with Crippen molar-refractivity contribution in [2.24, 2.45) is 5.92 Å². The molecule has 1 aliphatic rings. The molecule has 1 N–H and O–H groups in total. The summed E-state index contributed by atoms with van der Waals surface area (Å²) in [6.45, 7) is 9.64. The lowest BCUT2D eigenvalue weighted by atomic mass is 9.94. The van der Waals surface area contributed by atoms with Gasteiger partial charge in [0.05, 0.1) is 31.4 Å². The molecule has 8 heteroatoms. The highest BCUT2D eigenvalue weighted by molar-refractivity contribution is 6.46. The van der Waals surface area contributed by atoms with Crippen LogP contribution in [0.25, 0.3) is 5.76 Å². The molecule has 1 fully saturated rings. The van der Waals surface area contributed by atoms with Crippen LogP contribution in [0.4, 0.5) is 0 Å². The lowest BCUT2D eigenvalue weighted by Gasteiger charge is -2.26. The summed E-state index contributed by atoms with van der Waals surface area (Å²) in [7, 11) is 0. The van der Waals surface area contributed by atoms with Gasteiger partial charge in [-0.1, -0.05) is 19.9 Å². The number of likely N-dealkylation sites (tertiary alicyclic amines) is 1. The van der Waals surface area contributed by atoms with Crippen molar-refractivity contribution < 1.29 is 28.9 Å². The summed E-state index contributed by atoms with van der Waals surface area (Å²) in [6, 6.07) is 14.9. The first kappa shape index (κ1) is 28.7. The highest BCUT2D eigenvalue weighted by Crippen LogP contribution is 2.43. The Hall–Kier alpha value is -4.33. The molecule has 1 atom stereocenters. The fourth-order valence-corrected chi connectivity index (χ4v) is 4.59. The fraction of sp³-hybridized carbons (Fsp3) is 0.344. The zero-order chi connectivity index (χ0) is 28.6. The van der Waals surface area contributed by atoms with Gasteiger partial charge in [0, 0.05) is 24.5 Å². The maximum atomic E-state index is 13.5. The second-order valence-corrected chi connectivity index (χ2v) is 9.91. The van der Waals surface area contributed by atoms with E-state index < -0.39 is 17.7 Å². The number of aliphatic hydroxyl groups excluding tert-OH is 1. The lowest BCUT2D eigenvalue weighted by Crippen LogP contribution is -2.29. The SMILES string of the molecule is CCOc1ccc(/C(O)=C2\C(=O)C(=O)N(Cc3ccncc3)C2c2ccc(OCCC(C)C)c(OCC)c2)cc1. The van der Waals surface area contributed by atoms with E-state index in [1.54, 1.807) is 60.9 Å². The Labute approximate surface area is 235 Å². The summed E-state index contributed by atoms with van der Waals surface area (Å²) in [5.41, 5.74) is 1.86. The zero-order valence-electron chi connectivity index (χ0n) is 23.4. The van der Waals surface area contributed by atoms with E-state index in [2.05, 4.69) is 18.8 Å². The van der Waals surface area contributed by atoms with E-state index in [1.165, 1.54) is 4.90 Å². The minimum absolute atomic E-state index is 0.0131. The number of ketones is 1. The monoisotopic (exact) mass is 544 g/mol. The Morgan fingerprint density at radius 1 is 0.925 bits per heavy atom. The number of aliphatic hydroxyl groups is 1. The first-order valence-corrected chi connectivity index (χ1v) is 13.6. The van der Waals surface area contributed by atoms with Gasteiger partial charge in [-0.25, -0.2) is 0 Å². The van der Waals surface area contributed by atoms with Crippen LogP contribution in [0.2, 0.25) is 0 Å². The molecule has 210 valence electrons. The van der Waals surface area contributed by atoms with E-state index in [0.29, 0.717) is 54.1 Å². The molecule has 2 heterocycles. The van der Waals surface area contributed by atoms with Gasteiger partial charge in [0.25, 0.3) is 11.7 Å². The molecule has 1 saturated heterocycles. The van der Waals surface area contributed by atoms with Crippen LogP contribution in [-0.2, 0) is 16.1 Å². The highest BCUT2D eigenvalue weighted by atomic mass is 16.5. The van der Waals surface area contributed by atoms with Crippen molar-refractivity contribution in [3.63, 3.8) is 0 Å². The van der Waals surface area contributed by atoms with Gasteiger partial charge in [0.2, 0.25) is 0 Å². The number of ether oxygens (including phenoxy) is 3. The lowest BCUT2D eigenvalue weighted by molar-refractivity contribution is -0.140. The van der Waals surface area contributed by atoms with Crippen LogP contribution in [0.5, 0.6) is 17.2 Å². The summed E-state index contributed by atoms with van der Waals surface area (Å²) >= 11 is 0. The summed E-state index contributed by atoms with van der Waals surface area (Å²) in [4.78, 5) is 32.4. The molecule has 1 unspecified atom stereocenters. The van der Waals surface area contributed by atoms with Crippen LogP contribution in [-0.4, -0.2) is 46.5 Å². The molecule has 4 rings (SSSR count). The number of nitrogens with zero attached hydrogens (tertiary/aromatic N) is 2. The maximum absolute atomic E-state index is 13.5. The molecule has 0 spiro atoms. The molecule has 0 aliphatic carbocycles. The van der Waals surface area contributed by atoms with Crippen molar-refractivity contribution in [2.45, 2.75) is 46.7 Å². The summed E-state index contributed by atoms with van der Waals surface area (Å²) < 4.78 is 17.4. The normalized spacial score (nSPS) is 16.4. The quantitative estimate of drug-likeness (QED) is 0.172. The number of amides is 1. The van der Waals surface area contributed by atoms with Crippen LogP contribution in [0.15, 0.2) is 72.6 Å². The number of hydrogen-bond acceptors (Lipinski definition) is 7. The number of rotatable bonds is 12. The number of carbonyl (C=O) groups is 2. The third-order valence-electron chi connectivity index (χ3n) is 6.62.